The minimum Gasteiger partial charge on any atom is -0.385 e. The lowest BCUT2D eigenvalue weighted by Gasteiger charge is -2.22. The lowest BCUT2D eigenvalue weighted by molar-refractivity contribution is 0.373. The van der Waals surface area contributed by atoms with Gasteiger partial charge >= 0.3 is 0 Å². The third-order valence-electron chi connectivity index (χ3n) is 3.18. The second-order valence-electron chi connectivity index (χ2n) is 4.54. The molecule has 1 N–H and O–H groups in total. The summed E-state index contributed by atoms with van der Waals surface area (Å²) in [6.07, 6.45) is 6.60. The molecule has 0 radical (unpaired) electrons. The lowest BCUT2D eigenvalue weighted by Crippen LogP contribution is -2.17. The highest BCUT2D eigenvalue weighted by atomic mass is 35.5. The van der Waals surface area contributed by atoms with Crippen molar-refractivity contribution in [1.29, 1.82) is 0 Å². The molecule has 1 aromatic carbocycles. The molecule has 0 heterocycles. The van der Waals surface area contributed by atoms with Crippen LogP contribution in [0.3, 0.4) is 0 Å². The van der Waals surface area contributed by atoms with E-state index in [1.54, 1.807) is 6.07 Å². The minimum absolute atomic E-state index is 0.279. The normalized spacial score (nSPS) is 17.4. The molecule has 1 nitrogen and oxygen atoms in total. The SMILES string of the molecule is Fc1cc(Cl)cc(NCC2CCCCC2)c1. The molecule has 3 heteroatoms. The van der Waals surface area contributed by atoms with Gasteiger partial charge in [0.1, 0.15) is 5.82 Å². The van der Waals surface area contributed by atoms with Crippen molar-refractivity contribution in [2.24, 2.45) is 5.92 Å². The van der Waals surface area contributed by atoms with Crippen LogP contribution in [0.2, 0.25) is 5.02 Å². The molecule has 0 atom stereocenters. The van der Waals surface area contributed by atoms with Gasteiger partial charge in [-0.05, 0) is 37.0 Å². The van der Waals surface area contributed by atoms with E-state index in [9.17, 15) is 4.39 Å². The van der Waals surface area contributed by atoms with Crippen LogP contribution >= 0.6 is 11.6 Å². The van der Waals surface area contributed by atoms with E-state index >= 15 is 0 Å². The van der Waals surface area contributed by atoms with Crippen LogP contribution in [0.4, 0.5) is 10.1 Å². The molecule has 0 aromatic heterocycles. The highest BCUT2D eigenvalue weighted by molar-refractivity contribution is 6.30. The quantitative estimate of drug-likeness (QED) is 0.823. The van der Waals surface area contributed by atoms with Crippen molar-refractivity contribution in [3.8, 4) is 0 Å². The molecule has 1 saturated carbocycles. The van der Waals surface area contributed by atoms with Crippen LogP contribution < -0.4 is 5.32 Å². The summed E-state index contributed by atoms with van der Waals surface area (Å²) in [5.41, 5.74) is 0.788. The number of nitrogens with one attached hydrogen (secondary N) is 1. The second kappa shape index (κ2) is 5.53. The summed E-state index contributed by atoms with van der Waals surface area (Å²) in [5.74, 6) is 0.453. The molecular formula is C13H17ClFN. The van der Waals surface area contributed by atoms with Crippen molar-refractivity contribution >= 4 is 17.3 Å². The first-order chi connectivity index (χ1) is 7.74. The summed E-state index contributed by atoms with van der Waals surface area (Å²) in [7, 11) is 0. The first kappa shape index (κ1) is 11.7. The number of hydrogen-bond acceptors (Lipinski definition) is 1. The highest BCUT2D eigenvalue weighted by Crippen LogP contribution is 2.25. The van der Waals surface area contributed by atoms with E-state index in [1.807, 2.05) is 0 Å². The highest BCUT2D eigenvalue weighted by Gasteiger charge is 2.12. The number of anilines is 1. The Balaban J connectivity index is 1.88. The Morgan fingerprint density at radius 1 is 1.19 bits per heavy atom. The topological polar surface area (TPSA) is 12.0 Å². The zero-order chi connectivity index (χ0) is 11.4. The Labute approximate surface area is 101 Å². The number of benzene rings is 1. The van der Waals surface area contributed by atoms with E-state index in [1.165, 1.54) is 44.2 Å². The zero-order valence-electron chi connectivity index (χ0n) is 9.31. The summed E-state index contributed by atoms with van der Waals surface area (Å²) in [5, 5.41) is 3.72. The molecule has 1 aliphatic rings. The third-order valence-corrected chi connectivity index (χ3v) is 3.40. The van der Waals surface area contributed by atoms with Crippen molar-refractivity contribution in [2.75, 3.05) is 11.9 Å². The maximum atomic E-state index is 13.1. The molecule has 2 rings (SSSR count). The lowest BCUT2D eigenvalue weighted by atomic mass is 9.89. The molecule has 1 aliphatic carbocycles. The average molecular weight is 242 g/mol. The fraction of sp³-hybridized carbons (Fsp3) is 0.538. The van der Waals surface area contributed by atoms with Gasteiger partial charge in [-0.15, -0.1) is 0 Å². The van der Waals surface area contributed by atoms with Gasteiger partial charge in [0, 0.05) is 17.3 Å². The van der Waals surface area contributed by atoms with E-state index in [-0.39, 0.29) is 5.82 Å². The van der Waals surface area contributed by atoms with E-state index in [2.05, 4.69) is 5.32 Å². The summed E-state index contributed by atoms with van der Waals surface area (Å²) >= 11 is 5.79. The third kappa shape index (κ3) is 3.38. The van der Waals surface area contributed by atoms with Crippen LogP contribution in [0.5, 0.6) is 0 Å². The first-order valence-electron chi connectivity index (χ1n) is 5.94. The molecule has 0 amide bonds. The first-order valence-corrected chi connectivity index (χ1v) is 6.32. The van der Waals surface area contributed by atoms with Crippen LogP contribution in [0, 0.1) is 11.7 Å². The van der Waals surface area contributed by atoms with Crippen molar-refractivity contribution in [1.82, 2.24) is 0 Å². The molecule has 0 saturated heterocycles. The van der Waals surface area contributed by atoms with Crippen LogP contribution in [0.1, 0.15) is 32.1 Å². The van der Waals surface area contributed by atoms with Crippen LogP contribution in [0.25, 0.3) is 0 Å². The minimum atomic E-state index is -0.279. The Hall–Kier alpha value is -0.760. The fourth-order valence-corrected chi connectivity index (χ4v) is 2.53. The largest absolute Gasteiger partial charge is 0.385 e. The summed E-state index contributed by atoms with van der Waals surface area (Å²) in [4.78, 5) is 0. The molecule has 88 valence electrons. The molecule has 16 heavy (non-hydrogen) atoms. The number of rotatable bonds is 3. The predicted molar refractivity (Wildman–Crippen MR) is 66.5 cm³/mol. The molecule has 0 bridgehead atoms. The van der Waals surface area contributed by atoms with Gasteiger partial charge in [-0.3, -0.25) is 0 Å². The molecule has 0 spiro atoms. The summed E-state index contributed by atoms with van der Waals surface area (Å²) in [6.45, 7) is 0.930. The Morgan fingerprint density at radius 3 is 2.62 bits per heavy atom. The predicted octanol–water partition coefficient (Wildman–Crippen LogP) is 4.47. The number of halogens is 2. The zero-order valence-corrected chi connectivity index (χ0v) is 10.1. The van der Waals surface area contributed by atoms with E-state index in [0.29, 0.717) is 5.02 Å². The summed E-state index contributed by atoms with van der Waals surface area (Å²) in [6, 6.07) is 4.59. The second-order valence-corrected chi connectivity index (χ2v) is 4.98. The molecule has 0 unspecified atom stereocenters. The van der Waals surface area contributed by atoms with Gasteiger partial charge < -0.3 is 5.32 Å². The smallest absolute Gasteiger partial charge is 0.126 e. The van der Waals surface area contributed by atoms with Crippen LogP contribution in [0.15, 0.2) is 18.2 Å². The van der Waals surface area contributed by atoms with Crippen molar-refractivity contribution in [2.45, 2.75) is 32.1 Å². The molecule has 0 aliphatic heterocycles. The maximum Gasteiger partial charge on any atom is 0.126 e. The van der Waals surface area contributed by atoms with Crippen LogP contribution in [-0.2, 0) is 0 Å². The van der Waals surface area contributed by atoms with Crippen LogP contribution in [-0.4, -0.2) is 6.54 Å². The molecule has 1 fully saturated rings. The maximum absolute atomic E-state index is 13.1. The van der Waals surface area contributed by atoms with Gasteiger partial charge in [0.05, 0.1) is 0 Å². The van der Waals surface area contributed by atoms with Gasteiger partial charge in [-0.2, -0.15) is 0 Å². The number of hydrogen-bond donors (Lipinski definition) is 1. The van der Waals surface area contributed by atoms with E-state index in [0.717, 1.165) is 18.2 Å². The monoisotopic (exact) mass is 241 g/mol. The van der Waals surface area contributed by atoms with Crippen molar-refractivity contribution in [3.63, 3.8) is 0 Å². The van der Waals surface area contributed by atoms with Crippen molar-refractivity contribution in [3.05, 3.63) is 29.0 Å². The van der Waals surface area contributed by atoms with Gasteiger partial charge in [-0.1, -0.05) is 30.9 Å². The molecule has 1 aromatic rings. The van der Waals surface area contributed by atoms with E-state index in [4.69, 9.17) is 11.6 Å². The van der Waals surface area contributed by atoms with Gasteiger partial charge in [0.15, 0.2) is 0 Å². The summed E-state index contributed by atoms with van der Waals surface area (Å²) < 4.78 is 13.1. The van der Waals surface area contributed by atoms with E-state index < -0.39 is 0 Å². The van der Waals surface area contributed by atoms with Gasteiger partial charge in [0.2, 0.25) is 0 Å². The van der Waals surface area contributed by atoms with Gasteiger partial charge in [0.25, 0.3) is 0 Å². The fourth-order valence-electron chi connectivity index (χ4n) is 2.31. The molecular weight excluding hydrogens is 225 g/mol. The van der Waals surface area contributed by atoms with Crippen molar-refractivity contribution < 1.29 is 4.39 Å². The standard InChI is InChI=1S/C13H17ClFN/c14-11-6-12(15)8-13(7-11)16-9-10-4-2-1-3-5-10/h6-8,10,16H,1-5,9H2. The van der Waals surface area contributed by atoms with Gasteiger partial charge in [-0.25, -0.2) is 4.39 Å². The Bertz CT molecular complexity index is 328. The Kier molecular flexibility index (Phi) is 4.05. The Morgan fingerprint density at radius 2 is 1.94 bits per heavy atom. The average Bonchev–Trinajstić information content (AvgIpc) is 2.27.